The van der Waals surface area contributed by atoms with Crippen LogP contribution in [0.15, 0.2) is 5.38 Å². The largest absolute Gasteiger partial charge is 0.388 e. The summed E-state index contributed by atoms with van der Waals surface area (Å²) in [5.41, 5.74) is 0.594. The van der Waals surface area contributed by atoms with Crippen molar-refractivity contribution in [3.05, 3.63) is 11.1 Å². The van der Waals surface area contributed by atoms with Crippen LogP contribution in [0.5, 0.6) is 0 Å². The molecule has 2 N–H and O–H groups in total. The number of aliphatic hydroxyl groups is 1. The fraction of sp³-hybridized carbons (Fsp3) is 0.769. The molecule has 1 heterocycles. The highest BCUT2D eigenvalue weighted by Gasteiger charge is 2.32. The summed E-state index contributed by atoms with van der Waals surface area (Å²) in [4.78, 5) is 4.46. The molecule has 0 spiro atoms. The third-order valence-electron chi connectivity index (χ3n) is 3.55. The van der Waals surface area contributed by atoms with E-state index in [0.717, 1.165) is 36.5 Å². The fourth-order valence-electron chi connectivity index (χ4n) is 2.58. The van der Waals surface area contributed by atoms with E-state index >= 15 is 0 Å². The Labute approximate surface area is 107 Å². The van der Waals surface area contributed by atoms with Crippen molar-refractivity contribution >= 4 is 16.5 Å². The summed E-state index contributed by atoms with van der Waals surface area (Å²) in [6, 6.07) is 0. The predicted molar refractivity (Wildman–Crippen MR) is 72.6 cm³/mol. The Hall–Kier alpha value is -0.610. The molecular weight excluding hydrogens is 232 g/mol. The zero-order chi connectivity index (χ0) is 12.3. The van der Waals surface area contributed by atoms with Crippen LogP contribution in [0.2, 0.25) is 0 Å². The van der Waals surface area contributed by atoms with E-state index in [1.54, 1.807) is 11.3 Å². The van der Waals surface area contributed by atoms with E-state index in [2.05, 4.69) is 29.5 Å². The van der Waals surface area contributed by atoms with Crippen molar-refractivity contribution in [2.45, 2.75) is 51.6 Å². The highest BCUT2D eigenvalue weighted by atomic mass is 32.1. The van der Waals surface area contributed by atoms with Crippen molar-refractivity contribution < 1.29 is 5.11 Å². The van der Waals surface area contributed by atoms with Gasteiger partial charge >= 0.3 is 0 Å². The lowest BCUT2D eigenvalue weighted by atomic mass is 9.79. The summed E-state index contributed by atoms with van der Waals surface area (Å²) in [5.74, 6) is 0.637. The number of anilines is 1. The molecule has 4 heteroatoms. The SMILES string of the molecule is CCc1csc(NCC2(O)CCCC(C)C2)n1. The highest BCUT2D eigenvalue weighted by Crippen LogP contribution is 2.32. The minimum atomic E-state index is -0.532. The Morgan fingerprint density at radius 2 is 2.47 bits per heavy atom. The number of hydrogen-bond acceptors (Lipinski definition) is 4. The standard InChI is InChI=1S/C13H22N2OS/c1-3-11-8-17-12(15-11)14-9-13(16)6-4-5-10(2)7-13/h8,10,16H,3-7,9H2,1-2H3,(H,14,15). The Bertz CT molecular complexity index is 366. The minimum absolute atomic E-state index is 0.532. The van der Waals surface area contributed by atoms with Gasteiger partial charge in [0.1, 0.15) is 0 Å². The van der Waals surface area contributed by atoms with Gasteiger partial charge in [-0.25, -0.2) is 4.98 Å². The molecule has 0 aromatic carbocycles. The Balaban J connectivity index is 1.88. The van der Waals surface area contributed by atoms with Crippen LogP contribution >= 0.6 is 11.3 Å². The first-order valence-corrected chi connectivity index (χ1v) is 7.40. The molecule has 2 unspecified atom stereocenters. The van der Waals surface area contributed by atoms with E-state index in [1.165, 1.54) is 6.42 Å². The molecule has 0 bridgehead atoms. The maximum absolute atomic E-state index is 10.5. The smallest absolute Gasteiger partial charge is 0.182 e. The van der Waals surface area contributed by atoms with Crippen molar-refractivity contribution in [1.82, 2.24) is 4.98 Å². The summed E-state index contributed by atoms with van der Waals surface area (Å²) in [6.45, 7) is 4.96. The molecular formula is C13H22N2OS. The van der Waals surface area contributed by atoms with Crippen LogP contribution < -0.4 is 5.32 Å². The van der Waals surface area contributed by atoms with Gasteiger partial charge in [-0.05, 0) is 25.2 Å². The van der Waals surface area contributed by atoms with Gasteiger partial charge in [0.05, 0.1) is 11.3 Å². The number of rotatable bonds is 4. The predicted octanol–water partition coefficient (Wildman–Crippen LogP) is 3.06. The molecule has 96 valence electrons. The minimum Gasteiger partial charge on any atom is -0.388 e. The van der Waals surface area contributed by atoms with Crippen LogP contribution in [0.1, 0.15) is 45.2 Å². The van der Waals surface area contributed by atoms with Crippen LogP contribution in [0.3, 0.4) is 0 Å². The second-order valence-electron chi connectivity index (χ2n) is 5.28. The van der Waals surface area contributed by atoms with Crippen molar-refractivity contribution in [2.24, 2.45) is 5.92 Å². The molecule has 1 aromatic heterocycles. The van der Waals surface area contributed by atoms with Crippen molar-refractivity contribution in [1.29, 1.82) is 0 Å². The maximum atomic E-state index is 10.5. The van der Waals surface area contributed by atoms with Crippen LogP contribution in [0, 0.1) is 5.92 Å². The molecule has 0 aliphatic heterocycles. The lowest BCUT2D eigenvalue weighted by Crippen LogP contribution is -2.41. The molecule has 1 aliphatic rings. The number of nitrogens with one attached hydrogen (secondary N) is 1. The molecule has 0 amide bonds. The number of hydrogen-bond donors (Lipinski definition) is 2. The molecule has 1 fully saturated rings. The zero-order valence-corrected chi connectivity index (χ0v) is 11.5. The number of aromatic nitrogens is 1. The van der Waals surface area contributed by atoms with E-state index in [1.807, 2.05) is 0 Å². The zero-order valence-electron chi connectivity index (χ0n) is 10.7. The molecule has 17 heavy (non-hydrogen) atoms. The second-order valence-corrected chi connectivity index (χ2v) is 6.14. The summed E-state index contributed by atoms with van der Waals surface area (Å²) in [7, 11) is 0. The van der Waals surface area contributed by atoms with Crippen LogP contribution in [0.25, 0.3) is 0 Å². The Kier molecular flexibility index (Phi) is 4.05. The lowest BCUT2D eigenvalue weighted by molar-refractivity contribution is -0.000766. The van der Waals surface area contributed by atoms with Gasteiger partial charge in [0.25, 0.3) is 0 Å². The van der Waals surface area contributed by atoms with Gasteiger partial charge in [-0.15, -0.1) is 11.3 Å². The molecule has 3 nitrogen and oxygen atoms in total. The van der Waals surface area contributed by atoms with Gasteiger partial charge in [0, 0.05) is 11.9 Å². The maximum Gasteiger partial charge on any atom is 0.182 e. The fourth-order valence-corrected chi connectivity index (χ4v) is 3.38. The van der Waals surface area contributed by atoms with Gasteiger partial charge in [-0.3, -0.25) is 0 Å². The molecule has 1 aromatic rings. The normalized spacial score (nSPS) is 29.2. The number of aryl methyl sites for hydroxylation is 1. The lowest BCUT2D eigenvalue weighted by Gasteiger charge is -2.35. The van der Waals surface area contributed by atoms with Gasteiger partial charge in [-0.1, -0.05) is 26.7 Å². The van der Waals surface area contributed by atoms with E-state index in [-0.39, 0.29) is 0 Å². The summed E-state index contributed by atoms with van der Waals surface area (Å²) in [5, 5.41) is 16.8. The van der Waals surface area contributed by atoms with Gasteiger partial charge in [0.2, 0.25) is 0 Å². The monoisotopic (exact) mass is 254 g/mol. The average molecular weight is 254 g/mol. The molecule has 2 rings (SSSR count). The second kappa shape index (κ2) is 5.36. The third-order valence-corrected chi connectivity index (χ3v) is 4.40. The highest BCUT2D eigenvalue weighted by molar-refractivity contribution is 7.13. The van der Waals surface area contributed by atoms with Crippen LogP contribution in [-0.4, -0.2) is 22.2 Å². The Morgan fingerprint density at radius 3 is 3.12 bits per heavy atom. The summed E-state index contributed by atoms with van der Waals surface area (Å²) < 4.78 is 0. The van der Waals surface area contributed by atoms with Crippen molar-refractivity contribution in [3.63, 3.8) is 0 Å². The van der Waals surface area contributed by atoms with Crippen molar-refractivity contribution in [3.8, 4) is 0 Å². The molecule has 2 atom stereocenters. The van der Waals surface area contributed by atoms with E-state index in [9.17, 15) is 5.11 Å². The van der Waals surface area contributed by atoms with Gasteiger partial charge in [0.15, 0.2) is 5.13 Å². The first-order valence-electron chi connectivity index (χ1n) is 6.52. The molecule has 1 saturated carbocycles. The van der Waals surface area contributed by atoms with Crippen LogP contribution in [0.4, 0.5) is 5.13 Å². The van der Waals surface area contributed by atoms with Crippen molar-refractivity contribution in [2.75, 3.05) is 11.9 Å². The van der Waals surface area contributed by atoms with E-state index in [0.29, 0.717) is 12.5 Å². The topological polar surface area (TPSA) is 45.1 Å². The molecule has 0 saturated heterocycles. The Morgan fingerprint density at radius 1 is 1.65 bits per heavy atom. The average Bonchev–Trinajstić information content (AvgIpc) is 2.74. The summed E-state index contributed by atoms with van der Waals surface area (Å²) >= 11 is 1.63. The quantitative estimate of drug-likeness (QED) is 0.868. The van der Waals surface area contributed by atoms with E-state index in [4.69, 9.17) is 0 Å². The molecule has 0 radical (unpaired) electrons. The van der Waals surface area contributed by atoms with Gasteiger partial charge < -0.3 is 10.4 Å². The first-order chi connectivity index (χ1) is 8.11. The van der Waals surface area contributed by atoms with Crippen LogP contribution in [-0.2, 0) is 6.42 Å². The number of nitrogens with zero attached hydrogens (tertiary/aromatic N) is 1. The number of thiazole rings is 1. The van der Waals surface area contributed by atoms with E-state index < -0.39 is 5.60 Å². The summed E-state index contributed by atoms with van der Waals surface area (Å²) in [6.07, 6.45) is 5.18. The first kappa shape index (κ1) is 12.8. The molecule has 1 aliphatic carbocycles. The third kappa shape index (κ3) is 3.42. The van der Waals surface area contributed by atoms with Gasteiger partial charge in [-0.2, -0.15) is 0 Å².